The summed E-state index contributed by atoms with van der Waals surface area (Å²) in [5.41, 5.74) is -0.120. The Morgan fingerprint density at radius 3 is 2.92 bits per heavy atom. The molecule has 1 aliphatic heterocycles. The number of nitrogens with one attached hydrogen (secondary N) is 1. The maximum absolute atomic E-state index is 11.5. The van der Waals surface area contributed by atoms with E-state index in [1.807, 2.05) is 0 Å². The summed E-state index contributed by atoms with van der Waals surface area (Å²) in [6.45, 7) is 4.10. The Kier molecular flexibility index (Phi) is 1.67. The fourth-order valence-corrected chi connectivity index (χ4v) is 2.58. The fraction of sp³-hybridized carbons (Fsp3) is 0.900. The number of piperidine rings is 1. The highest BCUT2D eigenvalue weighted by Gasteiger charge is 2.42. The van der Waals surface area contributed by atoms with Crippen LogP contribution in [0, 0.1) is 11.3 Å². The monoisotopic (exact) mass is 167 g/mol. The first kappa shape index (κ1) is 8.09. The van der Waals surface area contributed by atoms with Gasteiger partial charge < -0.3 is 5.32 Å². The van der Waals surface area contributed by atoms with E-state index in [9.17, 15) is 4.79 Å². The highest BCUT2D eigenvalue weighted by molar-refractivity contribution is 5.83. The van der Waals surface area contributed by atoms with Gasteiger partial charge in [0.15, 0.2) is 0 Å². The van der Waals surface area contributed by atoms with Crippen LogP contribution in [0.5, 0.6) is 0 Å². The predicted molar refractivity (Wildman–Crippen MR) is 47.7 cm³/mol. The van der Waals surface area contributed by atoms with Crippen LogP contribution in [0.3, 0.4) is 0 Å². The quantitative estimate of drug-likeness (QED) is 0.584. The zero-order valence-corrected chi connectivity index (χ0v) is 7.89. The highest BCUT2D eigenvalue weighted by Crippen LogP contribution is 2.39. The minimum absolute atomic E-state index is 0.120. The molecule has 2 aliphatic rings. The molecule has 2 fully saturated rings. The zero-order chi connectivity index (χ0) is 8.77. The van der Waals surface area contributed by atoms with E-state index >= 15 is 0 Å². The van der Waals surface area contributed by atoms with Gasteiger partial charge in [0.25, 0.3) is 0 Å². The van der Waals surface area contributed by atoms with Crippen LogP contribution in [0.2, 0.25) is 0 Å². The van der Waals surface area contributed by atoms with Gasteiger partial charge in [-0.25, -0.2) is 0 Å². The van der Waals surface area contributed by atoms with Crippen molar-refractivity contribution < 1.29 is 4.79 Å². The van der Waals surface area contributed by atoms with Crippen molar-refractivity contribution in [3.05, 3.63) is 0 Å². The summed E-state index contributed by atoms with van der Waals surface area (Å²) in [4.78, 5) is 11.5. The first-order chi connectivity index (χ1) is 5.59. The van der Waals surface area contributed by atoms with Crippen molar-refractivity contribution in [2.24, 2.45) is 11.3 Å². The Labute approximate surface area is 73.7 Å². The third-order valence-electron chi connectivity index (χ3n) is 3.36. The molecule has 2 nitrogen and oxygen atoms in total. The molecule has 1 N–H and O–H groups in total. The number of carbonyl (C=O) groups excluding carboxylic acids is 1. The van der Waals surface area contributed by atoms with Crippen molar-refractivity contribution >= 4 is 5.91 Å². The molecule has 0 radical (unpaired) electrons. The third kappa shape index (κ3) is 1.13. The molecule has 0 aromatic rings. The van der Waals surface area contributed by atoms with Gasteiger partial charge in [0.05, 0.1) is 0 Å². The molecule has 0 bridgehead atoms. The minimum Gasteiger partial charge on any atom is -0.353 e. The van der Waals surface area contributed by atoms with Gasteiger partial charge in [-0.2, -0.15) is 0 Å². The largest absolute Gasteiger partial charge is 0.353 e. The number of carbonyl (C=O) groups is 1. The SMILES string of the molecule is CC1(C)C[C@@H]2CCC[C@H]2NC1=O. The van der Waals surface area contributed by atoms with E-state index < -0.39 is 0 Å². The molecule has 0 unspecified atom stereocenters. The summed E-state index contributed by atoms with van der Waals surface area (Å²) in [5.74, 6) is 1.02. The number of amides is 1. The second kappa shape index (κ2) is 2.48. The van der Waals surface area contributed by atoms with E-state index in [0.717, 1.165) is 12.3 Å². The van der Waals surface area contributed by atoms with Gasteiger partial charge >= 0.3 is 0 Å². The van der Waals surface area contributed by atoms with Gasteiger partial charge in [0.1, 0.15) is 0 Å². The Balaban J connectivity index is 2.14. The Morgan fingerprint density at radius 2 is 2.17 bits per heavy atom. The molecule has 0 aromatic heterocycles. The van der Waals surface area contributed by atoms with Gasteiger partial charge in [-0.3, -0.25) is 4.79 Å². The van der Waals surface area contributed by atoms with Crippen LogP contribution in [-0.4, -0.2) is 11.9 Å². The van der Waals surface area contributed by atoms with Crippen LogP contribution in [0.4, 0.5) is 0 Å². The topological polar surface area (TPSA) is 29.1 Å². The normalized spacial score (nSPS) is 39.0. The average molecular weight is 167 g/mol. The third-order valence-corrected chi connectivity index (χ3v) is 3.36. The maximum atomic E-state index is 11.5. The highest BCUT2D eigenvalue weighted by atomic mass is 16.2. The molecule has 2 heteroatoms. The van der Waals surface area contributed by atoms with E-state index in [-0.39, 0.29) is 11.3 Å². The molecule has 2 rings (SSSR count). The Hall–Kier alpha value is -0.530. The lowest BCUT2D eigenvalue weighted by molar-refractivity contribution is -0.134. The average Bonchev–Trinajstić information content (AvgIpc) is 2.35. The van der Waals surface area contributed by atoms with E-state index in [0.29, 0.717) is 6.04 Å². The summed E-state index contributed by atoms with van der Waals surface area (Å²) < 4.78 is 0. The van der Waals surface area contributed by atoms with Crippen LogP contribution in [0.25, 0.3) is 0 Å². The van der Waals surface area contributed by atoms with Gasteiger partial charge in [0, 0.05) is 11.5 Å². The lowest BCUT2D eigenvalue weighted by Crippen LogP contribution is -2.51. The lowest BCUT2D eigenvalue weighted by Gasteiger charge is -2.37. The van der Waals surface area contributed by atoms with Crippen LogP contribution in [-0.2, 0) is 4.79 Å². The van der Waals surface area contributed by atoms with Crippen LogP contribution < -0.4 is 5.32 Å². The summed E-state index contributed by atoms with van der Waals surface area (Å²) in [7, 11) is 0. The fourth-order valence-electron chi connectivity index (χ4n) is 2.58. The summed E-state index contributed by atoms with van der Waals surface area (Å²) in [5, 5.41) is 3.13. The molecule has 1 saturated carbocycles. The second-order valence-corrected chi connectivity index (χ2v) is 4.86. The number of hydrogen-bond acceptors (Lipinski definition) is 1. The van der Waals surface area contributed by atoms with Crippen LogP contribution in [0.15, 0.2) is 0 Å². The summed E-state index contributed by atoms with van der Waals surface area (Å²) in [6, 6.07) is 0.505. The zero-order valence-electron chi connectivity index (χ0n) is 7.89. The molecule has 2 atom stereocenters. The van der Waals surface area contributed by atoms with Crippen molar-refractivity contribution in [1.29, 1.82) is 0 Å². The Morgan fingerprint density at radius 1 is 1.42 bits per heavy atom. The molecular weight excluding hydrogens is 150 g/mol. The van der Waals surface area contributed by atoms with Gasteiger partial charge in [-0.05, 0) is 25.2 Å². The van der Waals surface area contributed by atoms with E-state index in [4.69, 9.17) is 0 Å². The lowest BCUT2D eigenvalue weighted by atomic mass is 9.76. The number of hydrogen-bond donors (Lipinski definition) is 1. The second-order valence-electron chi connectivity index (χ2n) is 4.86. The van der Waals surface area contributed by atoms with Gasteiger partial charge in [-0.15, -0.1) is 0 Å². The first-order valence-electron chi connectivity index (χ1n) is 4.90. The van der Waals surface area contributed by atoms with Crippen LogP contribution in [0.1, 0.15) is 39.5 Å². The molecule has 1 aliphatic carbocycles. The van der Waals surface area contributed by atoms with E-state index in [1.165, 1.54) is 19.3 Å². The van der Waals surface area contributed by atoms with Crippen molar-refractivity contribution in [3.8, 4) is 0 Å². The summed E-state index contributed by atoms with van der Waals surface area (Å²) in [6.07, 6.45) is 4.90. The van der Waals surface area contributed by atoms with Gasteiger partial charge in [-0.1, -0.05) is 20.3 Å². The molecule has 1 saturated heterocycles. The Bertz CT molecular complexity index is 210. The molecule has 0 aromatic carbocycles. The van der Waals surface area contributed by atoms with E-state index in [1.54, 1.807) is 0 Å². The maximum Gasteiger partial charge on any atom is 0.225 e. The molecule has 0 spiro atoms. The molecule has 1 heterocycles. The number of rotatable bonds is 0. The molecule has 68 valence electrons. The van der Waals surface area contributed by atoms with Crippen LogP contribution >= 0.6 is 0 Å². The first-order valence-corrected chi connectivity index (χ1v) is 4.90. The standard InChI is InChI=1S/C10H17NO/c1-10(2)6-7-4-3-5-8(7)11-9(10)12/h7-8H,3-6H2,1-2H3,(H,11,12)/t7-,8+/m0/s1. The van der Waals surface area contributed by atoms with E-state index in [2.05, 4.69) is 19.2 Å². The number of fused-ring (bicyclic) bond motifs is 1. The predicted octanol–water partition coefficient (Wildman–Crippen LogP) is 1.70. The molecular formula is C10H17NO. The smallest absolute Gasteiger partial charge is 0.225 e. The molecule has 1 amide bonds. The van der Waals surface area contributed by atoms with Crippen molar-refractivity contribution in [1.82, 2.24) is 5.32 Å². The van der Waals surface area contributed by atoms with Crippen molar-refractivity contribution in [2.45, 2.75) is 45.6 Å². The van der Waals surface area contributed by atoms with Crippen molar-refractivity contribution in [3.63, 3.8) is 0 Å². The minimum atomic E-state index is -0.120. The summed E-state index contributed by atoms with van der Waals surface area (Å²) >= 11 is 0. The molecule has 12 heavy (non-hydrogen) atoms. The van der Waals surface area contributed by atoms with Gasteiger partial charge in [0.2, 0.25) is 5.91 Å². The van der Waals surface area contributed by atoms with Crippen molar-refractivity contribution in [2.75, 3.05) is 0 Å².